The molecule has 6 rings (SSSR count). The maximum atomic E-state index is 6.02. The van der Waals surface area contributed by atoms with Crippen LogP contribution in [0.25, 0.3) is 34.4 Å². The predicted octanol–water partition coefficient (Wildman–Crippen LogP) is 10.4. The standard InChI is InChI=1S/C38H40OSi/c1-23-14-16-28(17-15-23)30-18-24(2)19-33-31(30)21-26(4)37(33)40(7,8)38-27(5)22-32-34(38)20-25(3)36(39-6)35(32)29-12-10-9-11-13-29/h9-22,37-38H,1-8H3. The number of allylic oxidation sites excluding steroid dienone is 2. The van der Waals surface area contributed by atoms with Crippen molar-refractivity contribution in [2.24, 2.45) is 0 Å². The average Bonchev–Trinajstić information content (AvgIpc) is 3.44. The van der Waals surface area contributed by atoms with Crippen molar-refractivity contribution in [1.82, 2.24) is 0 Å². The van der Waals surface area contributed by atoms with Gasteiger partial charge in [-0.1, -0.05) is 120 Å². The Morgan fingerprint density at radius 1 is 0.625 bits per heavy atom. The second-order valence-electron chi connectivity index (χ2n) is 12.6. The van der Waals surface area contributed by atoms with Gasteiger partial charge in [0.15, 0.2) is 0 Å². The molecule has 0 N–H and O–H groups in total. The average molecular weight is 541 g/mol. The van der Waals surface area contributed by atoms with Crippen molar-refractivity contribution in [3.8, 4) is 28.0 Å². The van der Waals surface area contributed by atoms with Gasteiger partial charge in [0, 0.05) is 16.6 Å². The summed E-state index contributed by atoms with van der Waals surface area (Å²) in [4.78, 5) is 0. The van der Waals surface area contributed by atoms with Gasteiger partial charge in [-0.3, -0.25) is 0 Å². The van der Waals surface area contributed by atoms with Crippen LogP contribution >= 0.6 is 0 Å². The zero-order valence-electron chi connectivity index (χ0n) is 25.1. The molecule has 202 valence electrons. The Kier molecular flexibility index (Phi) is 6.50. The summed E-state index contributed by atoms with van der Waals surface area (Å²) >= 11 is 0. The zero-order valence-corrected chi connectivity index (χ0v) is 26.1. The summed E-state index contributed by atoms with van der Waals surface area (Å²) in [6, 6.07) is 27.1. The molecular weight excluding hydrogens is 501 g/mol. The van der Waals surface area contributed by atoms with E-state index in [1.54, 1.807) is 7.11 Å². The van der Waals surface area contributed by atoms with E-state index in [0.29, 0.717) is 11.1 Å². The first kappa shape index (κ1) is 26.6. The minimum absolute atomic E-state index is 0.442. The van der Waals surface area contributed by atoms with Gasteiger partial charge in [-0.05, 0) is 79.1 Å². The van der Waals surface area contributed by atoms with Crippen molar-refractivity contribution >= 4 is 20.2 Å². The normalized spacial score (nSPS) is 17.8. The predicted molar refractivity (Wildman–Crippen MR) is 175 cm³/mol. The largest absolute Gasteiger partial charge is 0.496 e. The van der Waals surface area contributed by atoms with E-state index in [1.807, 2.05) is 0 Å². The van der Waals surface area contributed by atoms with Gasteiger partial charge in [0.1, 0.15) is 5.75 Å². The maximum Gasteiger partial charge on any atom is 0.130 e. The molecule has 0 fully saturated rings. The van der Waals surface area contributed by atoms with Crippen molar-refractivity contribution < 1.29 is 4.74 Å². The molecule has 0 aromatic heterocycles. The molecule has 0 bridgehead atoms. The van der Waals surface area contributed by atoms with E-state index in [4.69, 9.17) is 4.74 Å². The van der Waals surface area contributed by atoms with E-state index < -0.39 is 8.07 Å². The fraction of sp³-hybridized carbons (Fsp3) is 0.263. The van der Waals surface area contributed by atoms with Crippen LogP contribution in [0.15, 0.2) is 83.9 Å². The van der Waals surface area contributed by atoms with Crippen LogP contribution in [-0.2, 0) is 0 Å². The summed E-state index contributed by atoms with van der Waals surface area (Å²) in [5.74, 6) is 0.995. The third-order valence-corrected chi connectivity index (χ3v) is 13.8. The molecule has 4 aromatic carbocycles. The van der Waals surface area contributed by atoms with Gasteiger partial charge in [0.05, 0.1) is 15.2 Å². The van der Waals surface area contributed by atoms with Crippen molar-refractivity contribution in [2.45, 2.75) is 58.8 Å². The van der Waals surface area contributed by atoms with Gasteiger partial charge < -0.3 is 4.74 Å². The zero-order chi connectivity index (χ0) is 28.3. The van der Waals surface area contributed by atoms with Crippen LogP contribution in [0.1, 0.15) is 63.9 Å². The van der Waals surface area contributed by atoms with Gasteiger partial charge in [0.25, 0.3) is 0 Å². The van der Waals surface area contributed by atoms with Crippen molar-refractivity contribution in [1.29, 1.82) is 0 Å². The summed E-state index contributed by atoms with van der Waals surface area (Å²) in [6.07, 6.45) is 4.95. The van der Waals surface area contributed by atoms with E-state index in [0.717, 1.165) is 5.75 Å². The topological polar surface area (TPSA) is 9.23 Å². The number of ether oxygens (including phenoxy) is 1. The van der Waals surface area contributed by atoms with Gasteiger partial charge in [-0.25, -0.2) is 0 Å². The number of fused-ring (bicyclic) bond motifs is 2. The van der Waals surface area contributed by atoms with Gasteiger partial charge >= 0.3 is 0 Å². The number of rotatable bonds is 5. The molecule has 2 heteroatoms. The third kappa shape index (κ3) is 4.12. The Morgan fingerprint density at radius 3 is 1.85 bits per heavy atom. The molecule has 0 spiro atoms. The number of aryl methyl sites for hydroxylation is 3. The van der Waals surface area contributed by atoms with Gasteiger partial charge in [0.2, 0.25) is 0 Å². The number of benzene rings is 4. The second-order valence-corrected chi connectivity index (χ2v) is 17.4. The minimum Gasteiger partial charge on any atom is -0.496 e. The van der Waals surface area contributed by atoms with E-state index in [-0.39, 0.29) is 0 Å². The van der Waals surface area contributed by atoms with Crippen LogP contribution in [0.2, 0.25) is 13.1 Å². The molecule has 1 nitrogen and oxygen atoms in total. The Balaban J connectivity index is 1.51. The molecule has 0 radical (unpaired) electrons. The highest BCUT2D eigenvalue weighted by atomic mass is 28.3. The Labute approximate surface area is 241 Å². The molecule has 0 saturated carbocycles. The van der Waals surface area contributed by atoms with E-state index in [2.05, 4.69) is 133 Å². The highest BCUT2D eigenvalue weighted by molar-refractivity contribution is 6.81. The monoisotopic (exact) mass is 540 g/mol. The number of methoxy groups -OCH3 is 1. The molecule has 2 aliphatic rings. The molecule has 2 unspecified atom stereocenters. The van der Waals surface area contributed by atoms with E-state index in [1.165, 1.54) is 72.3 Å². The van der Waals surface area contributed by atoms with Crippen LogP contribution < -0.4 is 4.74 Å². The highest BCUT2D eigenvalue weighted by Gasteiger charge is 2.47. The van der Waals surface area contributed by atoms with E-state index in [9.17, 15) is 0 Å². The fourth-order valence-electron chi connectivity index (χ4n) is 7.84. The Hall–Kier alpha value is -3.62. The Morgan fingerprint density at radius 2 is 1.23 bits per heavy atom. The van der Waals surface area contributed by atoms with Crippen LogP contribution in [0.5, 0.6) is 5.75 Å². The summed E-state index contributed by atoms with van der Waals surface area (Å²) < 4.78 is 6.02. The highest BCUT2D eigenvalue weighted by Crippen LogP contribution is 2.55. The SMILES string of the molecule is COc1c(C)cc2c(c1-c1ccccc1)C=C(C)C2[Si](C)(C)C1C(C)=Cc2c(-c3ccc(C)cc3)cc(C)cc21. The molecule has 40 heavy (non-hydrogen) atoms. The molecule has 4 aromatic rings. The lowest BCUT2D eigenvalue weighted by molar-refractivity contribution is 0.413. The van der Waals surface area contributed by atoms with Crippen LogP contribution in [0.4, 0.5) is 0 Å². The van der Waals surface area contributed by atoms with Crippen molar-refractivity contribution in [3.05, 3.63) is 123 Å². The summed E-state index contributed by atoms with van der Waals surface area (Å²) in [6.45, 7) is 16.6. The van der Waals surface area contributed by atoms with Gasteiger partial charge in [-0.15, -0.1) is 0 Å². The maximum absolute atomic E-state index is 6.02. The molecule has 0 saturated heterocycles. The molecule has 0 heterocycles. The first-order valence-electron chi connectivity index (χ1n) is 14.5. The molecule has 2 aliphatic carbocycles. The lowest BCUT2D eigenvalue weighted by Crippen LogP contribution is -2.42. The number of hydrogen-bond acceptors (Lipinski definition) is 1. The Bertz CT molecular complexity index is 1690. The van der Waals surface area contributed by atoms with Crippen LogP contribution in [0, 0.1) is 20.8 Å². The first-order chi connectivity index (χ1) is 19.1. The van der Waals surface area contributed by atoms with Crippen molar-refractivity contribution in [2.75, 3.05) is 7.11 Å². The smallest absolute Gasteiger partial charge is 0.130 e. The minimum atomic E-state index is -1.97. The lowest BCUT2D eigenvalue weighted by atomic mass is 9.93. The number of hydrogen-bond donors (Lipinski definition) is 0. The molecular formula is C38H40OSi. The van der Waals surface area contributed by atoms with Crippen LogP contribution in [0.3, 0.4) is 0 Å². The van der Waals surface area contributed by atoms with Crippen molar-refractivity contribution in [3.63, 3.8) is 0 Å². The summed E-state index contributed by atoms with van der Waals surface area (Å²) in [5, 5.41) is 0. The molecule has 2 atom stereocenters. The molecule has 0 amide bonds. The quantitative estimate of drug-likeness (QED) is 0.229. The summed E-state index contributed by atoms with van der Waals surface area (Å²) in [5.41, 5.74) is 18.7. The third-order valence-electron chi connectivity index (χ3n) is 9.29. The molecule has 0 aliphatic heterocycles. The van der Waals surface area contributed by atoms with Crippen LogP contribution in [-0.4, -0.2) is 15.2 Å². The first-order valence-corrected chi connectivity index (χ1v) is 17.6. The van der Waals surface area contributed by atoms with E-state index >= 15 is 0 Å². The summed E-state index contributed by atoms with van der Waals surface area (Å²) in [7, 11) is -0.167. The lowest BCUT2D eigenvalue weighted by Gasteiger charge is -2.39. The second kappa shape index (κ2) is 9.78. The fourth-order valence-corrected chi connectivity index (χ4v) is 12.8. The van der Waals surface area contributed by atoms with Gasteiger partial charge in [-0.2, -0.15) is 0 Å².